The minimum Gasteiger partial charge on any atom is -0.480 e. The number of carbonyl (C=O) groups excluding carboxylic acids is 1. The van der Waals surface area contributed by atoms with E-state index >= 15 is 0 Å². The third kappa shape index (κ3) is 4.52. The summed E-state index contributed by atoms with van der Waals surface area (Å²) in [6, 6.07) is 2.50. The van der Waals surface area contributed by atoms with Crippen LogP contribution in [0, 0.1) is 5.92 Å². The van der Waals surface area contributed by atoms with Crippen LogP contribution < -0.4 is 5.73 Å². The van der Waals surface area contributed by atoms with Gasteiger partial charge in [0.05, 0.1) is 12.1 Å². The molecule has 1 fully saturated rings. The first kappa shape index (κ1) is 18.4. The van der Waals surface area contributed by atoms with Crippen molar-refractivity contribution in [2.45, 2.75) is 51.4 Å². The van der Waals surface area contributed by atoms with Crippen LogP contribution in [0.25, 0.3) is 0 Å². The van der Waals surface area contributed by atoms with Gasteiger partial charge >= 0.3 is 11.9 Å². The molecule has 3 N–H and O–H groups in total. The number of esters is 1. The molecule has 1 aromatic rings. The van der Waals surface area contributed by atoms with Gasteiger partial charge < -0.3 is 15.6 Å². The van der Waals surface area contributed by atoms with Crippen LogP contribution in [0.1, 0.15) is 45.2 Å². The molecule has 1 saturated heterocycles. The van der Waals surface area contributed by atoms with Crippen LogP contribution in [0.5, 0.6) is 0 Å². The SMILES string of the molecule is CC(C)(C)OC(=O)[C@H]1CCN([C@H](C(=O)O)c2ccncc2)[C@@H](N)C1. The summed E-state index contributed by atoms with van der Waals surface area (Å²) in [5.74, 6) is -1.54. The number of ether oxygens (including phenoxy) is 1. The fourth-order valence-electron chi connectivity index (χ4n) is 2.96. The normalized spacial score (nSPS) is 23.5. The third-order valence-electron chi connectivity index (χ3n) is 4.02. The van der Waals surface area contributed by atoms with E-state index in [9.17, 15) is 14.7 Å². The number of aromatic nitrogens is 1. The Morgan fingerprint density at radius 2 is 2.00 bits per heavy atom. The van der Waals surface area contributed by atoms with Crippen molar-refractivity contribution in [1.29, 1.82) is 0 Å². The smallest absolute Gasteiger partial charge is 0.325 e. The molecule has 24 heavy (non-hydrogen) atoms. The molecular weight excluding hydrogens is 310 g/mol. The largest absolute Gasteiger partial charge is 0.480 e. The van der Waals surface area contributed by atoms with Gasteiger partial charge in [-0.3, -0.25) is 19.5 Å². The quantitative estimate of drug-likeness (QED) is 0.804. The highest BCUT2D eigenvalue weighted by Gasteiger charge is 2.38. The molecule has 7 heteroatoms. The lowest BCUT2D eigenvalue weighted by Crippen LogP contribution is -2.52. The second-order valence-electron chi connectivity index (χ2n) is 7.08. The molecule has 0 aliphatic carbocycles. The van der Waals surface area contributed by atoms with E-state index in [-0.39, 0.29) is 11.9 Å². The molecular formula is C17H25N3O4. The van der Waals surface area contributed by atoms with E-state index in [0.717, 1.165) is 0 Å². The van der Waals surface area contributed by atoms with Gasteiger partial charge in [0, 0.05) is 18.9 Å². The molecule has 7 nitrogen and oxygen atoms in total. The Morgan fingerprint density at radius 1 is 1.38 bits per heavy atom. The van der Waals surface area contributed by atoms with E-state index in [2.05, 4.69) is 4.98 Å². The summed E-state index contributed by atoms with van der Waals surface area (Å²) in [5.41, 5.74) is 6.27. The zero-order valence-corrected chi connectivity index (χ0v) is 14.3. The van der Waals surface area contributed by atoms with E-state index in [1.165, 1.54) is 0 Å². The monoisotopic (exact) mass is 335 g/mol. The molecule has 0 radical (unpaired) electrons. The van der Waals surface area contributed by atoms with Crippen LogP contribution >= 0.6 is 0 Å². The lowest BCUT2D eigenvalue weighted by Gasteiger charge is -2.40. The molecule has 1 aromatic heterocycles. The predicted octanol–water partition coefficient (Wildman–Crippen LogP) is 1.55. The van der Waals surface area contributed by atoms with Gasteiger partial charge in [0.25, 0.3) is 0 Å². The first-order valence-corrected chi connectivity index (χ1v) is 8.06. The number of aliphatic carboxylic acids is 1. The molecule has 0 spiro atoms. The second kappa shape index (κ2) is 7.27. The number of hydrogen-bond acceptors (Lipinski definition) is 6. The van der Waals surface area contributed by atoms with Crippen LogP contribution in [-0.4, -0.2) is 45.2 Å². The van der Waals surface area contributed by atoms with Crippen molar-refractivity contribution in [1.82, 2.24) is 9.88 Å². The maximum Gasteiger partial charge on any atom is 0.325 e. The highest BCUT2D eigenvalue weighted by atomic mass is 16.6. The summed E-state index contributed by atoms with van der Waals surface area (Å²) < 4.78 is 5.42. The van der Waals surface area contributed by atoms with Crippen LogP contribution in [0.3, 0.4) is 0 Å². The Morgan fingerprint density at radius 3 is 2.50 bits per heavy atom. The Hall–Kier alpha value is -1.99. The Bertz CT molecular complexity index is 585. The predicted molar refractivity (Wildman–Crippen MR) is 87.9 cm³/mol. The number of nitrogens with zero attached hydrogens (tertiary/aromatic N) is 2. The van der Waals surface area contributed by atoms with Crippen molar-refractivity contribution >= 4 is 11.9 Å². The van der Waals surface area contributed by atoms with E-state index in [4.69, 9.17) is 10.5 Å². The van der Waals surface area contributed by atoms with Gasteiger partial charge in [-0.05, 0) is 51.3 Å². The number of carboxylic acid groups (broad SMARTS) is 1. The fourth-order valence-corrected chi connectivity index (χ4v) is 2.96. The summed E-state index contributed by atoms with van der Waals surface area (Å²) in [7, 11) is 0. The molecule has 1 aliphatic rings. The average Bonchev–Trinajstić information content (AvgIpc) is 2.48. The zero-order chi connectivity index (χ0) is 17.9. The molecule has 2 heterocycles. The third-order valence-corrected chi connectivity index (χ3v) is 4.02. The van der Waals surface area contributed by atoms with Gasteiger partial charge in [0.1, 0.15) is 11.6 Å². The van der Waals surface area contributed by atoms with E-state index in [1.54, 1.807) is 29.4 Å². The molecule has 0 amide bonds. The Labute approximate surface area is 141 Å². The van der Waals surface area contributed by atoms with Crippen molar-refractivity contribution in [3.8, 4) is 0 Å². The van der Waals surface area contributed by atoms with Crippen LogP contribution in [-0.2, 0) is 14.3 Å². The first-order valence-electron chi connectivity index (χ1n) is 8.06. The van der Waals surface area contributed by atoms with Gasteiger partial charge in [-0.1, -0.05) is 0 Å². The summed E-state index contributed by atoms with van der Waals surface area (Å²) in [6.07, 6.45) is 3.50. The van der Waals surface area contributed by atoms with Gasteiger partial charge in [-0.25, -0.2) is 0 Å². The number of pyridine rings is 1. The maximum absolute atomic E-state index is 12.2. The summed E-state index contributed by atoms with van der Waals surface area (Å²) >= 11 is 0. The lowest BCUT2D eigenvalue weighted by atomic mass is 9.92. The van der Waals surface area contributed by atoms with Crippen LogP contribution in [0.4, 0.5) is 0 Å². The summed E-state index contributed by atoms with van der Waals surface area (Å²) in [4.78, 5) is 29.6. The van der Waals surface area contributed by atoms with Crippen molar-refractivity contribution in [2.75, 3.05) is 6.54 Å². The molecule has 3 atom stereocenters. The van der Waals surface area contributed by atoms with Crippen molar-refractivity contribution < 1.29 is 19.4 Å². The summed E-state index contributed by atoms with van der Waals surface area (Å²) in [5, 5.41) is 9.62. The minimum absolute atomic E-state index is 0.270. The fraction of sp³-hybridized carbons (Fsp3) is 0.588. The number of likely N-dealkylation sites (tertiary alicyclic amines) is 1. The van der Waals surface area contributed by atoms with Gasteiger partial charge in [0.15, 0.2) is 0 Å². The second-order valence-corrected chi connectivity index (χ2v) is 7.08. The van der Waals surface area contributed by atoms with Crippen molar-refractivity contribution in [3.63, 3.8) is 0 Å². The number of hydrogen-bond donors (Lipinski definition) is 2. The Balaban J connectivity index is 2.09. The molecule has 0 saturated carbocycles. The van der Waals surface area contributed by atoms with E-state index < -0.39 is 23.8 Å². The number of nitrogens with two attached hydrogens (primary N) is 1. The van der Waals surface area contributed by atoms with E-state index in [1.807, 2.05) is 20.8 Å². The summed E-state index contributed by atoms with van der Waals surface area (Å²) in [6.45, 7) is 5.89. The van der Waals surface area contributed by atoms with Gasteiger partial charge in [-0.15, -0.1) is 0 Å². The highest BCUT2D eigenvalue weighted by Crippen LogP contribution is 2.30. The molecule has 0 bridgehead atoms. The van der Waals surface area contributed by atoms with Crippen LogP contribution in [0.2, 0.25) is 0 Å². The molecule has 2 rings (SSSR count). The topological polar surface area (TPSA) is 106 Å². The zero-order valence-electron chi connectivity index (χ0n) is 14.3. The molecule has 1 aliphatic heterocycles. The van der Waals surface area contributed by atoms with Crippen molar-refractivity contribution in [2.24, 2.45) is 11.7 Å². The molecule has 132 valence electrons. The number of carbonyl (C=O) groups is 2. The van der Waals surface area contributed by atoms with Gasteiger partial charge in [0.2, 0.25) is 0 Å². The standard InChI is InChI=1S/C17H25N3O4/c1-17(2,3)24-16(23)12-6-9-20(13(18)10-12)14(15(21)22)11-4-7-19-8-5-11/h4-5,7-8,12-14H,6,9-10,18H2,1-3H3,(H,21,22)/t12-,13+,14-/m0/s1. The number of carboxylic acids is 1. The highest BCUT2D eigenvalue weighted by molar-refractivity contribution is 5.76. The molecule has 0 unspecified atom stereocenters. The number of piperidine rings is 1. The average molecular weight is 335 g/mol. The van der Waals surface area contributed by atoms with Crippen LogP contribution in [0.15, 0.2) is 24.5 Å². The van der Waals surface area contributed by atoms with Gasteiger partial charge in [-0.2, -0.15) is 0 Å². The Kier molecular flexibility index (Phi) is 5.56. The lowest BCUT2D eigenvalue weighted by molar-refractivity contribution is -0.163. The first-order chi connectivity index (χ1) is 11.2. The minimum atomic E-state index is -0.965. The maximum atomic E-state index is 12.2. The van der Waals surface area contributed by atoms with Crippen molar-refractivity contribution in [3.05, 3.63) is 30.1 Å². The van der Waals surface area contributed by atoms with E-state index in [0.29, 0.717) is 24.9 Å². The number of rotatable bonds is 4. The molecule has 0 aromatic carbocycles.